The molecule has 0 saturated heterocycles. The molecule has 0 spiro atoms. The van der Waals surface area contributed by atoms with Crippen molar-refractivity contribution in [3.63, 3.8) is 0 Å². The van der Waals surface area contributed by atoms with Gasteiger partial charge in [-0.2, -0.15) is 0 Å². The number of aliphatic hydroxyl groups is 1. The Morgan fingerprint density at radius 3 is 2.40 bits per heavy atom. The molecule has 0 aliphatic heterocycles. The first-order valence-electron chi connectivity index (χ1n) is 5.69. The molecule has 0 rings (SSSR count). The molecule has 0 heterocycles. The van der Waals surface area contributed by atoms with Gasteiger partial charge in [0, 0.05) is 5.92 Å². The molecule has 0 saturated carbocycles. The van der Waals surface area contributed by atoms with E-state index in [-0.39, 0.29) is 5.92 Å². The van der Waals surface area contributed by atoms with E-state index in [0.717, 1.165) is 19.3 Å². The zero-order chi connectivity index (χ0) is 11.9. The molecular formula is C11H23NO3. The number of nitrogens with one attached hydrogen (secondary N) is 1. The van der Waals surface area contributed by atoms with Crippen LogP contribution in [0.2, 0.25) is 0 Å². The summed E-state index contributed by atoms with van der Waals surface area (Å²) in [4.78, 5) is 11.0. The maximum atomic E-state index is 11.0. The summed E-state index contributed by atoms with van der Waals surface area (Å²) >= 11 is 0. The van der Waals surface area contributed by atoms with Gasteiger partial charge in [-0.25, -0.2) is 4.79 Å². The van der Waals surface area contributed by atoms with Crippen LogP contribution in [-0.4, -0.2) is 28.5 Å². The number of carbonyl (C=O) groups is 1. The van der Waals surface area contributed by atoms with Crippen LogP contribution < -0.4 is 5.32 Å². The van der Waals surface area contributed by atoms with E-state index in [4.69, 9.17) is 5.11 Å². The second-order valence-electron chi connectivity index (χ2n) is 4.01. The summed E-state index contributed by atoms with van der Waals surface area (Å²) in [7, 11) is 0. The number of carboxylic acids is 1. The van der Waals surface area contributed by atoms with Gasteiger partial charge in [0.25, 0.3) is 0 Å². The van der Waals surface area contributed by atoms with Crippen LogP contribution in [0, 0.1) is 5.92 Å². The van der Waals surface area contributed by atoms with E-state index in [0.29, 0.717) is 13.0 Å². The van der Waals surface area contributed by atoms with Gasteiger partial charge in [0.1, 0.15) is 0 Å². The highest BCUT2D eigenvalue weighted by Crippen LogP contribution is 2.18. The van der Waals surface area contributed by atoms with Crippen molar-refractivity contribution in [2.24, 2.45) is 5.92 Å². The number of unbranched alkanes of at least 4 members (excludes halogenated alkanes) is 2. The highest BCUT2D eigenvalue weighted by molar-refractivity contribution is 5.76. The molecule has 0 aromatic rings. The Morgan fingerprint density at radius 1 is 1.40 bits per heavy atom. The first-order chi connectivity index (χ1) is 6.99. The minimum absolute atomic E-state index is 0.295. The quantitative estimate of drug-likeness (QED) is 0.426. The van der Waals surface area contributed by atoms with Crippen LogP contribution in [0.5, 0.6) is 0 Å². The fourth-order valence-corrected chi connectivity index (χ4v) is 1.41. The lowest BCUT2D eigenvalue weighted by Gasteiger charge is -2.30. The normalized spacial score (nSPS) is 17.1. The molecule has 2 atom stereocenters. The van der Waals surface area contributed by atoms with E-state index in [9.17, 15) is 9.90 Å². The molecule has 3 N–H and O–H groups in total. The van der Waals surface area contributed by atoms with Crippen molar-refractivity contribution in [2.75, 3.05) is 6.54 Å². The summed E-state index contributed by atoms with van der Waals surface area (Å²) in [6.07, 6.45) is 3.64. The molecule has 0 aliphatic rings. The Labute approximate surface area is 91.7 Å². The van der Waals surface area contributed by atoms with Crippen molar-refractivity contribution < 1.29 is 15.0 Å². The lowest BCUT2D eigenvalue weighted by molar-refractivity contribution is -0.169. The second kappa shape index (κ2) is 6.80. The van der Waals surface area contributed by atoms with Crippen LogP contribution in [0.3, 0.4) is 0 Å². The fraction of sp³-hybridized carbons (Fsp3) is 0.909. The van der Waals surface area contributed by atoms with Crippen LogP contribution in [-0.2, 0) is 4.79 Å². The Kier molecular flexibility index (Phi) is 6.52. The minimum atomic E-state index is -1.78. The van der Waals surface area contributed by atoms with Gasteiger partial charge < -0.3 is 10.2 Å². The zero-order valence-corrected chi connectivity index (χ0v) is 9.92. The van der Waals surface area contributed by atoms with E-state index < -0.39 is 11.7 Å². The highest BCUT2D eigenvalue weighted by atomic mass is 16.4. The van der Waals surface area contributed by atoms with Crippen LogP contribution in [0.25, 0.3) is 0 Å². The third-order valence-corrected chi connectivity index (χ3v) is 2.83. The summed E-state index contributed by atoms with van der Waals surface area (Å²) in [5.41, 5.74) is -1.78. The van der Waals surface area contributed by atoms with Gasteiger partial charge in [-0.3, -0.25) is 5.32 Å². The van der Waals surface area contributed by atoms with Crippen molar-refractivity contribution in [1.29, 1.82) is 0 Å². The highest BCUT2D eigenvalue weighted by Gasteiger charge is 2.40. The van der Waals surface area contributed by atoms with Crippen molar-refractivity contribution in [3.05, 3.63) is 0 Å². The predicted molar refractivity (Wildman–Crippen MR) is 59.6 cm³/mol. The molecule has 0 aromatic carbocycles. The van der Waals surface area contributed by atoms with Gasteiger partial charge in [-0.05, 0) is 19.4 Å². The molecule has 0 bridgehead atoms. The summed E-state index contributed by atoms with van der Waals surface area (Å²) in [6.45, 7) is 6.23. The maximum Gasteiger partial charge on any atom is 0.351 e. The lowest BCUT2D eigenvalue weighted by atomic mass is 9.95. The fourth-order valence-electron chi connectivity index (χ4n) is 1.41. The Balaban J connectivity index is 4.20. The van der Waals surface area contributed by atoms with Gasteiger partial charge in [-0.1, -0.05) is 33.6 Å². The summed E-state index contributed by atoms with van der Waals surface area (Å²) < 4.78 is 0. The molecule has 15 heavy (non-hydrogen) atoms. The van der Waals surface area contributed by atoms with Crippen LogP contribution in [0.4, 0.5) is 0 Å². The first kappa shape index (κ1) is 14.4. The summed E-state index contributed by atoms with van der Waals surface area (Å²) in [5.74, 6) is -1.48. The number of hydrogen-bond donors (Lipinski definition) is 3. The predicted octanol–water partition coefficient (Wildman–Crippen LogP) is 1.59. The molecule has 0 aromatic heterocycles. The number of aliphatic carboxylic acids is 1. The van der Waals surface area contributed by atoms with Crippen molar-refractivity contribution in [3.8, 4) is 0 Å². The smallest absolute Gasteiger partial charge is 0.351 e. The molecule has 0 amide bonds. The van der Waals surface area contributed by atoms with E-state index in [1.807, 2.05) is 6.92 Å². The standard InChI is InChI=1S/C11H23NO3/c1-4-6-7-8-12-11(15,10(13)14)9(3)5-2/h9,12,15H,4-8H2,1-3H3,(H,13,14)/t9-,11+/m0/s1. The maximum absolute atomic E-state index is 11.0. The van der Waals surface area contributed by atoms with Crippen molar-refractivity contribution in [1.82, 2.24) is 5.32 Å². The van der Waals surface area contributed by atoms with Gasteiger partial charge in [0.2, 0.25) is 5.72 Å². The average Bonchev–Trinajstić information content (AvgIpc) is 2.22. The Bertz CT molecular complexity index is 196. The topological polar surface area (TPSA) is 69.6 Å². The third-order valence-electron chi connectivity index (χ3n) is 2.83. The number of hydrogen-bond acceptors (Lipinski definition) is 3. The number of rotatable bonds is 8. The molecule has 0 aliphatic carbocycles. The first-order valence-corrected chi connectivity index (χ1v) is 5.69. The minimum Gasteiger partial charge on any atom is -0.478 e. The molecular weight excluding hydrogens is 194 g/mol. The largest absolute Gasteiger partial charge is 0.478 e. The summed E-state index contributed by atoms with van der Waals surface area (Å²) in [6, 6.07) is 0. The van der Waals surface area contributed by atoms with Gasteiger partial charge in [0.05, 0.1) is 0 Å². The number of carboxylic acid groups (broad SMARTS) is 1. The molecule has 4 nitrogen and oxygen atoms in total. The molecule has 0 radical (unpaired) electrons. The third kappa shape index (κ3) is 4.18. The van der Waals surface area contributed by atoms with Crippen LogP contribution in [0.1, 0.15) is 46.5 Å². The van der Waals surface area contributed by atoms with Gasteiger partial charge >= 0.3 is 5.97 Å². The molecule has 4 heteroatoms. The van der Waals surface area contributed by atoms with E-state index in [2.05, 4.69) is 12.2 Å². The average molecular weight is 217 g/mol. The Morgan fingerprint density at radius 2 is 2.00 bits per heavy atom. The van der Waals surface area contributed by atoms with E-state index in [1.165, 1.54) is 0 Å². The zero-order valence-electron chi connectivity index (χ0n) is 9.92. The van der Waals surface area contributed by atoms with E-state index in [1.54, 1.807) is 6.92 Å². The molecule has 0 fully saturated rings. The van der Waals surface area contributed by atoms with Crippen molar-refractivity contribution >= 4 is 5.97 Å². The van der Waals surface area contributed by atoms with Crippen molar-refractivity contribution in [2.45, 2.75) is 52.2 Å². The van der Waals surface area contributed by atoms with Gasteiger partial charge in [0.15, 0.2) is 0 Å². The molecule has 0 unspecified atom stereocenters. The van der Waals surface area contributed by atoms with Crippen LogP contribution in [0.15, 0.2) is 0 Å². The monoisotopic (exact) mass is 217 g/mol. The van der Waals surface area contributed by atoms with Gasteiger partial charge in [-0.15, -0.1) is 0 Å². The van der Waals surface area contributed by atoms with E-state index >= 15 is 0 Å². The lowest BCUT2D eigenvalue weighted by Crippen LogP contribution is -2.57. The Hall–Kier alpha value is -0.610. The summed E-state index contributed by atoms with van der Waals surface area (Å²) in [5, 5.41) is 21.7. The van der Waals surface area contributed by atoms with Crippen LogP contribution >= 0.6 is 0 Å². The molecule has 90 valence electrons. The SMILES string of the molecule is CCCCCN[C@](O)(C(=O)O)[C@@H](C)CC. The second-order valence-corrected chi connectivity index (χ2v) is 4.01.